The monoisotopic (exact) mass is 213 g/mol. The normalized spacial score (nSPS) is 13.0. The summed E-state index contributed by atoms with van der Waals surface area (Å²) in [5.74, 6) is 0. The summed E-state index contributed by atoms with van der Waals surface area (Å²) in [5, 5.41) is 4.21. The van der Waals surface area contributed by atoms with Crippen LogP contribution >= 0.6 is 0 Å². The molecule has 1 aromatic heterocycles. The van der Waals surface area contributed by atoms with Gasteiger partial charge in [0, 0.05) is 25.4 Å². The minimum atomic E-state index is 0.0462. The lowest BCUT2D eigenvalue weighted by molar-refractivity contribution is 0.0717. The van der Waals surface area contributed by atoms with Crippen LogP contribution in [0.1, 0.15) is 18.6 Å². The van der Waals surface area contributed by atoms with Crippen molar-refractivity contribution < 1.29 is 9.47 Å². The topological polar surface area (TPSA) is 62.3 Å². The van der Waals surface area contributed by atoms with Crippen LogP contribution in [0.2, 0.25) is 0 Å². The lowest BCUT2D eigenvalue weighted by atomic mass is 10.2. The molecule has 0 spiro atoms. The number of hydrogen-bond donors (Lipinski definition) is 1. The highest BCUT2D eigenvalue weighted by atomic mass is 16.5. The fraction of sp³-hybridized carbons (Fsp3) is 0.700. The molecule has 5 nitrogen and oxygen atoms in total. The molecule has 0 unspecified atom stereocenters. The lowest BCUT2D eigenvalue weighted by Gasteiger charge is -2.09. The lowest BCUT2D eigenvalue weighted by Crippen LogP contribution is -2.10. The van der Waals surface area contributed by atoms with Crippen LogP contribution in [-0.4, -0.2) is 36.6 Å². The number of rotatable bonds is 7. The summed E-state index contributed by atoms with van der Waals surface area (Å²) in [6.45, 7) is 4.54. The Balaban J connectivity index is 2.43. The quantitative estimate of drug-likeness (QED) is 0.719. The van der Waals surface area contributed by atoms with Crippen molar-refractivity contribution in [3.8, 4) is 0 Å². The van der Waals surface area contributed by atoms with Crippen LogP contribution in [0.5, 0.6) is 0 Å². The van der Waals surface area contributed by atoms with E-state index in [9.17, 15) is 0 Å². The first-order valence-electron chi connectivity index (χ1n) is 5.11. The van der Waals surface area contributed by atoms with Crippen molar-refractivity contribution in [1.29, 1.82) is 0 Å². The van der Waals surface area contributed by atoms with E-state index < -0.39 is 0 Å². The Morgan fingerprint density at radius 2 is 2.33 bits per heavy atom. The number of hydrogen-bond acceptors (Lipinski definition) is 4. The molecular formula is C10H19N3O2. The minimum absolute atomic E-state index is 0.0462. The van der Waals surface area contributed by atoms with Gasteiger partial charge in [-0.2, -0.15) is 5.10 Å². The van der Waals surface area contributed by atoms with E-state index in [-0.39, 0.29) is 6.10 Å². The highest BCUT2D eigenvalue weighted by Crippen LogP contribution is 2.14. The first-order chi connectivity index (χ1) is 7.27. The molecule has 0 aromatic carbocycles. The van der Waals surface area contributed by atoms with Gasteiger partial charge in [-0.3, -0.25) is 4.68 Å². The molecule has 2 N–H and O–H groups in total. The zero-order chi connectivity index (χ0) is 11.1. The van der Waals surface area contributed by atoms with Crippen molar-refractivity contribution in [2.75, 3.05) is 26.9 Å². The summed E-state index contributed by atoms with van der Waals surface area (Å²) in [4.78, 5) is 0. The molecule has 0 aliphatic carbocycles. The first-order valence-corrected chi connectivity index (χ1v) is 5.11. The molecule has 5 heteroatoms. The Morgan fingerprint density at radius 1 is 1.53 bits per heavy atom. The Morgan fingerprint density at radius 3 is 3.00 bits per heavy atom. The second-order valence-corrected chi connectivity index (χ2v) is 3.33. The number of ether oxygens (including phenoxy) is 2. The van der Waals surface area contributed by atoms with Gasteiger partial charge in [-0.25, -0.2) is 0 Å². The maximum absolute atomic E-state index is 5.49. The van der Waals surface area contributed by atoms with Gasteiger partial charge in [-0.05, 0) is 6.92 Å². The Bertz CT molecular complexity index is 275. The molecule has 1 atom stereocenters. The van der Waals surface area contributed by atoms with Gasteiger partial charge in [0.2, 0.25) is 0 Å². The zero-order valence-corrected chi connectivity index (χ0v) is 9.35. The predicted molar refractivity (Wildman–Crippen MR) is 57.5 cm³/mol. The fourth-order valence-corrected chi connectivity index (χ4v) is 1.24. The molecule has 1 aromatic rings. The van der Waals surface area contributed by atoms with E-state index in [4.69, 9.17) is 15.2 Å². The third-order valence-corrected chi connectivity index (χ3v) is 2.13. The molecule has 0 saturated carbocycles. The predicted octanol–water partition coefficient (Wildman–Crippen LogP) is 0.566. The van der Waals surface area contributed by atoms with E-state index in [0.717, 1.165) is 12.1 Å². The SMILES string of the molecule is COCCn1cc([C@H](C)OCCN)cn1. The van der Waals surface area contributed by atoms with Crippen LogP contribution in [0.3, 0.4) is 0 Å². The fourth-order valence-electron chi connectivity index (χ4n) is 1.24. The van der Waals surface area contributed by atoms with E-state index in [2.05, 4.69) is 5.10 Å². The highest BCUT2D eigenvalue weighted by Gasteiger charge is 2.07. The molecule has 0 bridgehead atoms. The number of aromatic nitrogens is 2. The summed E-state index contributed by atoms with van der Waals surface area (Å²) < 4.78 is 12.3. The average molecular weight is 213 g/mol. The van der Waals surface area contributed by atoms with Crippen molar-refractivity contribution in [2.24, 2.45) is 5.73 Å². The molecule has 86 valence electrons. The molecule has 0 fully saturated rings. The molecule has 1 rings (SSSR count). The molecular weight excluding hydrogens is 194 g/mol. The molecule has 0 aliphatic heterocycles. The zero-order valence-electron chi connectivity index (χ0n) is 9.35. The molecule has 1 heterocycles. The number of nitrogens with two attached hydrogens (primary N) is 1. The van der Waals surface area contributed by atoms with E-state index in [1.165, 1.54) is 0 Å². The van der Waals surface area contributed by atoms with E-state index in [1.807, 2.05) is 24.0 Å². The van der Waals surface area contributed by atoms with Crippen LogP contribution < -0.4 is 5.73 Å². The van der Waals surface area contributed by atoms with Crippen molar-refractivity contribution in [3.05, 3.63) is 18.0 Å². The summed E-state index contributed by atoms with van der Waals surface area (Å²) in [5.41, 5.74) is 6.43. The number of nitrogens with zero attached hydrogens (tertiary/aromatic N) is 2. The minimum Gasteiger partial charge on any atom is -0.383 e. The maximum atomic E-state index is 5.49. The average Bonchev–Trinajstić information content (AvgIpc) is 2.71. The second kappa shape index (κ2) is 6.55. The summed E-state index contributed by atoms with van der Waals surface area (Å²) >= 11 is 0. The van der Waals surface area contributed by atoms with E-state index >= 15 is 0 Å². The van der Waals surface area contributed by atoms with Crippen LogP contribution in [0.4, 0.5) is 0 Å². The first kappa shape index (κ1) is 12.2. The summed E-state index contributed by atoms with van der Waals surface area (Å²) in [6, 6.07) is 0. The van der Waals surface area contributed by atoms with Gasteiger partial charge in [0.15, 0.2) is 0 Å². The Hall–Kier alpha value is -0.910. The standard InChI is InChI=1S/C10H19N3O2/c1-9(15-5-3-11)10-7-12-13(8-10)4-6-14-2/h7-9H,3-6,11H2,1-2H3/t9-/m0/s1. The van der Waals surface area contributed by atoms with Crippen LogP contribution in [0.25, 0.3) is 0 Å². The number of methoxy groups -OCH3 is 1. The van der Waals surface area contributed by atoms with Crippen LogP contribution in [0.15, 0.2) is 12.4 Å². The van der Waals surface area contributed by atoms with Gasteiger partial charge in [-0.1, -0.05) is 0 Å². The van der Waals surface area contributed by atoms with Gasteiger partial charge in [-0.15, -0.1) is 0 Å². The Labute approximate surface area is 90.2 Å². The van der Waals surface area contributed by atoms with Crippen molar-refractivity contribution in [3.63, 3.8) is 0 Å². The molecule has 15 heavy (non-hydrogen) atoms. The van der Waals surface area contributed by atoms with Crippen LogP contribution in [0, 0.1) is 0 Å². The van der Waals surface area contributed by atoms with Gasteiger partial charge < -0.3 is 15.2 Å². The van der Waals surface area contributed by atoms with Crippen molar-refractivity contribution >= 4 is 0 Å². The van der Waals surface area contributed by atoms with Gasteiger partial charge in [0.25, 0.3) is 0 Å². The van der Waals surface area contributed by atoms with Gasteiger partial charge in [0.05, 0.1) is 32.1 Å². The molecule has 0 saturated heterocycles. The van der Waals surface area contributed by atoms with Gasteiger partial charge >= 0.3 is 0 Å². The highest BCUT2D eigenvalue weighted by molar-refractivity contribution is 5.07. The van der Waals surface area contributed by atoms with E-state index in [1.54, 1.807) is 7.11 Å². The largest absolute Gasteiger partial charge is 0.383 e. The van der Waals surface area contributed by atoms with Crippen molar-refractivity contribution in [2.45, 2.75) is 19.6 Å². The van der Waals surface area contributed by atoms with Crippen LogP contribution in [-0.2, 0) is 16.0 Å². The smallest absolute Gasteiger partial charge is 0.0827 e. The summed E-state index contributed by atoms with van der Waals surface area (Å²) in [6.07, 6.45) is 3.83. The van der Waals surface area contributed by atoms with E-state index in [0.29, 0.717) is 19.8 Å². The molecule has 0 aliphatic rings. The van der Waals surface area contributed by atoms with Crippen molar-refractivity contribution in [1.82, 2.24) is 9.78 Å². The third-order valence-electron chi connectivity index (χ3n) is 2.13. The van der Waals surface area contributed by atoms with Gasteiger partial charge in [0.1, 0.15) is 0 Å². The molecule has 0 amide bonds. The second-order valence-electron chi connectivity index (χ2n) is 3.33. The third kappa shape index (κ3) is 3.99. The molecule has 0 radical (unpaired) electrons. The maximum Gasteiger partial charge on any atom is 0.0827 e. The summed E-state index contributed by atoms with van der Waals surface area (Å²) in [7, 11) is 1.68. The Kier molecular flexibility index (Phi) is 5.31.